The van der Waals surface area contributed by atoms with Crippen molar-refractivity contribution in [3.8, 4) is 51.6 Å². The molecule has 0 radical (unpaired) electrons. The Kier molecular flexibility index (Phi) is 7.28. The number of rotatable bonds is 7. The third-order valence-corrected chi connectivity index (χ3v) is 9.39. The second-order valence-electron chi connectivity index (χ2n) is 11.9. The summed E-state index contributed by atoms with van der Waals surface area (Å²) in [6, 6.07) is 37.9. The Morgan fingerprint density at radius 2 is 0.880 bits per heavy atom. The van der Waals surface area contributed by atoms with Crippen LogP contribution in [0.15, 0.2) is 109 Å². The average molecular weight is 655 g/mol. The number of ether oxygens (including phenoxy) is 4. The molecule has 8 rings (SSSR count). The molecule has 0 amide bonds. The van der Waals surface area contributed by atoms with Gasteiger partial charge >= 0.3 is 0 Å². The minimum Gasteiger partial charge on any atom is -0.497 e. The highest BCUT2D eigenvalue weighted by atomic mass is 16.5. The zero-order valence-electron chi connectivity index (χ0n) is 27.8. The molecule has 2 aromatic heterocycles. The van der Waals surface area contributed by atoms with Gasteiger partial charge in [0.05, 0.1) is 68.7 Å². The van der Waals surface area contributed by atoms with Crippen LogP contribution in [-0.2, 0) is 0 Å². The predicted molar refractivity (Wildman–Crippen MR) is 198 cm³/mol. The zero-order valence-corrected chi connectivity index (χ0v) is 27.8. The summed E-state index contributed by atoms with van der Waals surface area (Å²) in [5.41, 5.74) is 7.60. The molecule has 0 fully saturated rings. The molecule has 0 saturated heterocycles. The molecule has 6 aromatic carbocycles. The maximum absolute atomic E-state index is 10.4. The van der Waals surface area contributed by atoms with Gasteiger partial charge in [0.2, 0.25) is 0 Å². The van der Waals surface area contributed by atoms with Gasteiger partial charge in [-0.2, -0.15) is 5.26 Å². The molecule has 0 N–H and O–H groups in total. The van der Waals surface area contributed by atoms with Gasteiger partial charge in [-0.1, -0.05) is 6.07 Å². The first kappa shape index (κ1) is 30.4. The smallest absolute Gasteiger partial charge is 0.195 e. The lowest BCUT2D eigenvalue weighted by atomic mass is 9.97. The molecule has 50 heavy (non-hydrogen) atoms. The lowest BCUT2D eigenvalue weighted by Crippen LogP contribution is -1.98. The minimum absolute atomic E-state index is 0.434. The van der Waals surface area contributed by atoms with E-state index in [0.717, 1.165) is 78.0 Å². The van der Waals surface area contributed by atoms with Crippen LogP contribution in [0, 0.1) is 17.9 Å². The molecule has 0 unspecified atom stereocenters. The van der Waals surface area contributed by atoms with Crippen LogP contribution in [-0.4, -0.2) is 37.6 Å². The van der Waals surface area contributed by atoms with Crippen LogP contribution >= 0.6 is 0 Å². The van der Waals surface area contributed by atoms with Crippen LogP contribution in [0.25, 0.3) is 71.0 Å². The summed E-state index contributed by atoms with van der Waals surface area (Å²) in [6.07, 6.45) is 0. The van der Waals surface area contributed by atoms with E-state index in [2.05, 4.69) is 44.3 Å². The molecule has 0 atom stereocenters. The highest BCUT2D eigenvalue weighted by Gasteiger charge is 2.20. The Morgan fingerprint density at radius 3 is 1.24 bits per heavy atom. The molecular weight excluding hydrogens is 624 g/mol. The summed E-state index contributed by atoms with van der Waals surface area (Å²) >= 11 is 0. The number of nitrogens with zero attached hydrogens (tertiary/aromatic N) is 4. The fourth-order valence-electron chi connectivity index (χ4n) is 6.99. The van der Waals surface area contributed by atoms with E-state index < -0.39 is 0 Å². The summed E-state index contributed by atoms with van der Waals surface area (Å²) in [5.74, 6) is 2.91. The van der Waals surface area contributed by atoms with E-state index in [1.807, 2.05) is 84.9 Å². The van der Waals surface area contributed by atoms with Crippen molar-refractivity contribution in [2.24, 2.45) is 0 Å². The molecule has 0 saturated carbocycles. The molecule has 0 spiro atoms. The van der Waals surface area contributed by atoms with Crippen LogP contribution in [0.1, 0.15) is 5.56 Å². The van der Waals surface area contributed by atoms with Crippen molar-refractivity contribution in [2.45, 2.75) is 0 Å². The number of fused-ring (bicyclic) bond motifs is 6. The third kappa shape index (κ3) is 4.66. The van der Waals surface area contributed by atoms with E-state index in [0.29, 0.717) is 22.4 Å². The third-order valence-electron chi connectivity index (χ3n) is 9.39. The fraction of sp³-hybridized carbons (Fsp3) is 0.0952. The number of methoxy groups -OCH3 is 4. The van der Waals surface area contributed by atoms with Gasteiger partial charge in [-0.15, -0.1) is 0 Å². The van der Waals surface area contributed by atoms with E-state index in [-0.39, 0.29) is 0 Å². The molecule has 0 aliphatic rings. The first-order valence-corrected chi connectivity index (χ1v) is 15.9. The first-order chi connectivity index (χ1) is 24.5. The van der Waals surface area contributed by atoms with Crippen LogP contribution in [0.5, 0.6) is 23.0 Å². The van der Waals surface area contributed by atoms with Crippen molar-refractivity contribution >= 4 is 49.3 Å². The molecule has 2 heterocycles. The molecule has 0 aliphatic heterocycles. The number of benzene rings is 6. The second-order valence-corrected chi connectivity index (χ2v) is 11.9. The largest absolute Gasteiger partial charge is 0.497 e. The van der Waals surface area contributed by atoms with E-state index in [1.165, 1.54) is 0 Å². The molecule has 8 aromatic rings. The Bertz CT molecular complexity index is 2430. The van der Waals surface area contributed by atoms with Crippen LogP contribution in [0.4, 0.5) is 5.69 Å². The number of hydrogen-bond acceptors (Lipinski definition) is 5. The SMILES string of the molecule is [C-]#[N+]c1ccc(-n2c3cc(OC)ccc3c3ccc(OC)cc32)cc1-c1cc(-n2c3cc(OC)ccc3c3ccc(OC)cc32)ccc1C#N. The summed E-state index contributed by atoms with van der Waals surface area (Å²) in [7, 11) is 6.61. The van der Waals surface area contributed by atoms with Gasteiger partial charge in [0.25, 0.3) is 0 Å². The van der Waals surface area contributed by atoms with Gasteiger partial charge in [-0.25, -0.2) is 4.85 Å². The molecule has 8 heteroatoms. The standard InChI is InChI=1S/C42H30N4O4/c1-44-38-17-8-27(46-41-22-30(49-4)11-15-34(41)35-16-12-31(50-5)23-42(35)46)19-37(38)36-18-26(7-6-25(36)24-43)45-39-20-28(47-2)9-13-32(39)33-14-10-29(48-3)21-40(33)45/h6-23H,2-5H3. The fourth-order valence-corrected chi connectivity index (χ4v) is 6.99. The van der Waals surface area contributed by atoms with Crippen molar-refractivity contribution in [3.05, 3.63) is 126 Å². The van der Waals surface area contributed by atoms with Crippen molar-refractivity contribution in [1.29, 1.82) is 5.26 Å². The van der Waals surface area contributed by atoms with Crippen LogP contribution in [0.2, 0.25) is 0 Å². The number of nitriles is 1. The van der Waals surface area contributed by atoms with Gasteiger partial charge in [-0.3, -0.25) is 0 Å². The van der Waals surface area contributed by atoms with Crippen LogP contribution < -0.4 is 18.9 Å². The Hall–Kier alpha value is -6.90. The quantitative estimate of drug-likeness (QED) is 0.160. The summed E-state index contributed by atoms with van der Waals surface area (Å²) < 4.78 is 26.8. The van der Waals surface area contributed by atoms with Gasteiger partial charge < -0.3 is 28.1 Å². The Morgan fingerprint density at radius 1 is 0.500 bits per heavy atom. The summed E-state index contributed by atoms with van der Waals surface area (Å²) in [5, 5.41) is 14.6. The van der Waals surface area contributed by atoms with E-state index in [1.54, 1.807) is 28.4 Å². The predicted octanol–water partition coefficient (Wildman–Crippen LogP) is 10.0. The van der Waals surface area contributed by atoms with Gasteiger partial charge in [-0.05, 0) is 90.0 Å². The number of aromatic nitrogens is 2. The van der Waals surface area contributed by atoms with Gasteiger partial charge in [0, 0.05) is 57.2 Å². The topological polar surface area (TPSA) is 74.9 Å². The second kappa shape index (κ2) is 12.0. The van der Waals surface area contributed by atoms with Crippen molar-refractivity contribution in [1.82, 2.24) is 9.13 Å². The average Bonchev–Trinajstić information content (AvgIpc) is 3.67. The lowest BCUT2D eigenvalue weighted by Gasteiger charge is -2.15. The molecule has 242 valence electrons. The highest BCUT2D eigenvalue weighted by Crippen LogP contribution is 2.42. The normalized spacial score (nSPS) is 11.2. The van der Waals surface area contributed by atoms with Crippen molar-refractivity contribution in [3.63, 3.8) is 0 Å². The zero-order chi connectivity index (χ0) is 34.5. The van der Waals surface area contributed by atoms with Crippen LogP contribution in [0.3, 0.4) is 0 Å². The van der Waals surface area contributed by atoms with E-state index >= 15 is 0 Å². The van der Waals surface area contributed by atoms with Gasteiger partial charge in [0.1, 0.15) is 23.0 Å². The lowest BCUT2D eigenvalue weighted by molar-refractivity contribution is 0.415. The monoisotopic (exact) mass is 654 g/mol. The molecule has 0 bridgehead atoms. The van der Waals surface area contributed by atoms with Gasteiger partial charge in [0.15, 0.2) is 5.69 Å². The van der Waals surface area contributed by atoms with E-state index in [4.69, 9.17) is 25.5 Å². The molecule has 8 nitrogen and oxygen atoms in total. The summed E-state index contributed by atoms with van der Waals surface area (Å²) in [6.45, 7) is 8.14. The summed E-state index contributed by atoms with van der Waals surface area (Å²) in [4.78, 5) is 3.91. The first-order valence-electron chi connectivity index (χ1n) is 15.9. The maximum atomic E-state index is 10.4. The van der Waals surface area contributed by atoms with Crippen molar-refractivity contribution in [2.75, 3.05) is 28.4 Å². The van der Waals surface area contributed by atoms with Crippen molar-refractivity contribution < 1.29 is 18.9 Å². The number of hydrogen-bond donors (Lipinski definition) is 0. The maximum Gasteiger partial charge on any atom is 0.195 e. The Balaban J connectivity index is 1.41. The molecular formula is C42H30N4O4. The Labute approximate surface area is 288 Å². The molecule has 0 aliphatic carbocycles. The van der Waals surface area contributed by atoms with E-state index in [9.17, 15) is 5.26 Å². The highest BCUT2D eigenvalue weighted by molar-refractivity contribution is 6.11. The minimum atomic E-state index is 0.434.